The van der Waals surface area contributed by atoms with E-state index in [9.17, 15) is 4.79 Å². The van der Waals surface area contributed by atoms with Crippen molar-refractivity contribution in [1.29, 1.82) is 5.26 Å². The summed E-state index contributed by atoms with van der Waals surface area (Å²) in [7, 11) is 0. The molecule has 30 heavy (non-hydrogen) atoms. The van der Waals surface area contributed by atoms with Gasteiger partial charge < -0.3 is 10.1 Å². The maximum absolute atomic E-state index is 12.5. The number of rotatable bonds is 6. The third kappa shape index (κ3) is 4.99. The molecule has 1 aliphatic carbocycles. The van der Waals surface area contributed by atoms with Gasteiger partial charge in [0, 0.05) is 12.2 Å². The lowest BCUT2D eigenvalue weighted by atomic mass is 9.92. The molecule has 0 spiro atoms. The summed E-state index contributed by atoms with van der Waals surface area (Å²) < 4.78 is 6.22. The monoisotopic (exact) mass is 405 g/mol. The molecule has 2 aromatic rings. The quantitative estimate of drug-likeness (QED) is 0.716. The molecule has 1 aromatic carbocycles. The van der Waals surface area contributed by atoms with Gasteiger partial charge in [-0.25, -0.2) is 0 Å². The van der Waals surface area contributed by atoms with Crippen LogP contribution >= 0.6 is 0 Å². The third-order valence-electron chi connectivity index (χ3n) is 6.36. The summed E-state index contributed by atoms with van der Waals surface area (Å²) in [6, 6.07) is 9.90. The van der Waals surface area contributed by atoms with Crippen LogP contribution in [-0.2, 0) is 0 Å². The van der Waals surface area contributed by atoms with E-state index < -0.39 is 0 Å². The van der Waals surface area contributed by atoms with Gasteiger partial charge in [0.05, 0.1) is 17.7 Å². The number of nitrogens with one attached hydrogen (secondary N) is 1. The maximum Gasteiger partial charge on any atom is 0.270 e. The second kappa shape index (κ2) is 9.75. The van der Waals surface area contributed by atoms with E-state index in [4.69, 9.17) is 10.00 Å². The average molecular weight is 406 g/mol. The molecule has 0 saturated heterocycles. The lowest BCUT2D eigenvalue weighted by molar-refractivity contribution is 0.0888. The summed E-state index contributed by atoms with van der Waals surface area (Å²) in [4.78, 5) is 16.9. The van der Waals surface area contributed by atoms with Crippen LogP contribution in [0.2, 0.25) is 0 Å². The first kappa shape index (κ1) is 21.8. The van der Waals surface area contributed by atoms with Crippen molar-refractivity contribution >= 4 is 5.91 Å². The number of carbonyl (C=O) groups is 1. The first-order chi connectivity index (χ1) is 14.4. The second-order valence-electron chi connectivity index (χ2n) is 8.32. The molecular formula is C25H31N3O2. The zero-order valence-corrected chi connectivity index (χ0v) is 18.4. The van der Waals surface area contributed by atoms with Crippen molar-refractivity contribution in [1.82, 2.24) is 10.3 Å². The predicted molar refractivity (Wildman–Crippen MR) is 118 cm³/mol. The van der Waals surface area contributed by atoms with Gasteiger partial charge in [-0.05, 0) is 86.8 Å². The first-order valence-corrected chi connectivity index (χ1v) is 10.9. The molecule has 1 atom stereocenters. The van der Waals surface area contributed by atoms with E-state index in [1.165, 1.54) is 5.56 Å². The molecule has 1 aliphatic rings. The molecule has 1 aromatic heterocycles. The van der Waals surface area contributed by atoms with E-state index in [0.29, 0.717) is 17.2 Å². The van der Waals surface area contributed by atoms with Gasteiger partial charge in [-0.3, -0.25) is 9.78 Å². The van der Waals surface area contributed by atoms with E-state index in [1.54, 1.807) is 0 Å². The van der Waals surface area contributed by atoms with Crippen LogP contribution in [0.25, 0.3) is 0 Å². The van der Waals surface area contributed by atoms with E-state index in [0.717, 1.165) is 49.0 Å². The Balaban J connectivity index is 1.52. The van der Waals surface area contributed by atoms with Crippen LogP contribution in [0.1, 0.15) is 84.6 Å². The molecule has 5 heteroatoms. The summed E-state index contributed by atoms with van der Waals surface area (Å²) in [5.41, 5.74) is 4.33. The summed E-state index contributed by atoms with van der Waals surface area (Å²) >= 11 is 0. The van der Waals surface area contributed by atoms with E-state index in [1.807, 2.05) is 44.3 Å². The molecule has 3 rings (SSSR count). The lowest BCUT2D eigenvalue weighted by Gasteiger charge is -2.30. The number of hydrogen-bond donors (Lipinski definition) is 1. The SMILES string of the molecule is CCC(C)c1ccc(C(=O)NC2CCC(Oc3ccc(C#N)c(C)c3C)CC2)nc1. The van der Waals surface area contributed by atoms with Gasteiger partial charge in [0.15, 0.2) is 0 Å². The number of nitrogens with zero attached hydrogens (tertiary/aromatic N) is 2. The predicted octanol–water partition coefficient (Wildman–Crippen LogP) is 5.20. The van der Waals surface area contributed by atoms with Crippen LogP contribution in [0.15, 0.2) is 30.5 Å². The normalized spacial score (nSPS) is 19.6. The Kier molecular flexibility index (Phi) is 7.10. The highest BCUT2D eigenvalue weighted by Crippen LogP contribution is 2.29. The van der Waals surface area contributed by atoms with Crippen molar-refractivity contribution in [2.75, 3.05) is 0 Å². The molecule has 1 saturated carbocycles. The van der Waals surface area contributed by atoms with Gasteiger partial charge in [0.2, 0.25) is 0 Å². The number of hydrogen-bond acceptors (Lipinski definition) is 4. The Morgan fingerprint density at radius 2 is 1.93 bits per heavy atom. The number of carbonyl (C=O) groups excluding carboxylic acids is 1. The summed E-state index contributed by atoms with van der Waals surface area (Å²) in [6.07, 6.45) is 6.56. The maximum atomic E-state index is 12.5. The van der Waals surface area contributed by atoms with Gasteiger partial charge in [-0.2, -0.15) is 5.26 Å². The fourth-order valence-corrected chi connectivity index (χ4v) is 3.88. The molecule has 1 N–H and O–H groups in total. The molecule has 0 bridgehead atoms. The Morgan fingerprint density at radius 1 is 1.20 bits per heavy atom. The zero-order valence-electron chi connectivity index (χ0n) is 18.4. The minimum absolute atomic E-state index is 0.103. The highest BCUT2D eigenvalue weighted by Gasteiger charge is 2.25. The van der Waals surface area contributed by atoms with E-state index in [-0.39, 0.29) is 18.1 Å². The average Bonchev–Trinajstić information content (AvgIpc) is 2.78. The Labute approximate surface area is 179 Å². The Morgan fingerprint density at radius 3 is 2.53 bits per heavy atom. The van der Waals surface area contributed by atoms with Crippen molar-refractivity contribution in [2.24, 2.45) is 0 Å². The van der Waals surface area contributed by atoms with Crippen LogP contribution in [0, 0.1) is 25.2 Å². The topological polar surface area (TPSA) is 75.0 Å². The highest BCUT2D eigenvalue weighted by atomic mass is 16.5. The van der Waals surface area contributed by atoms with Crippen LogP contribution in [0.5, 0.6) is 5.75 Å². The lowest BCUT2D eigenvalue weighted by Crippen LogP contribution is -2.40. The van der Waals surface area contributed by atoms with E-state index >= 15 is 0 Å². The summed E-state index contributed by atoms with van der Waals surface area (Å²) in [5.74, 6) is 1.20. The molecule has 158 valence electrons. The van der Waals surface area contributed by atoms with Crippen molar-refractivity contribution in [3.63, 3.8) is 0 Å². The molecule has 1 amide bonds. The number of amides is 1. The van der Waals surface area contributed by atoms with Gasteiger partial charge in [-0.1, -0.05) is 19.9 Å². The van der Waals surface area contributed by atoms with Gasteiger partial charge in [0.1, 0.15) is 11.4 Å². The molecular weight excluding hydrogens is 374 g/mol. The van der Waals surface area contributed by atoms with Crippen LogP contribution in [0.3, 0.4) is 0 Å². The Hall–Kier alpha value is -2.87. The van der Waals surface area contributed by atoms with Crippen molar-refractivity contribution in [2.45, 2.75) is 77.9 Å². The summed E-state index contributed by atoms with van der Waals surface area (Å²) in [6.45, 7) is 8.26. The van der Waals surface area contributed by atoms with Crippen LogP contribution < -0.4 is 10.1 Å². The summed E-state index contributed by atoms with van der Waals surface area (Å²) in [5, 5.41) is 12.3. The minimum Gasteiger partial charge on any atom is -0.490 e. The smallest absolute Gasteiger partial charge is 0.270 e. The van der Waals surface area contributed by atoms with Gasteiger partial charge >= 0.3 is 0 Å². The zero-order chi connectivity index (χ0) is 21.7. The fourth-order valence-electron chi connectivity index (χ4n) is 3.88. The van der Waals surface area contributed by atoms with Crippen molar-refractivity contribution < 1.29 is 9.53 Å². The molecule has 5 nitrogen and oxygen atoms in total. The van der Waals surface area contributed by atoms with Gasteiger partial charge in [-0.15, -0.1) is 0 Å². The molecule has 1 fully saturated rings. The highest BCUT2D eigenvalue weighted by molar-refractivity contribution is 5.92. The fraction of sp³-hybridized carbons (Fsp3) is 0.480. The van der Waals surface area contributed by atoms with Gasteiger partial charge in [0.25, 0.3) is 5.91 Å². The molecule has 1 heterocycles. The van der Waals surface area contributed by atoms with E-state index in [2.05, 4.69) is 30.2 Å². The molecule has 1 unspecified atom stereocenters. The standard InChI is InChI=1S/C25H31N3O2/c1-5-16(2)20-6-12-23(27-15-20)25(29)28-21-8-10-22(11-9-21)30-24-13-7-19(14-26)17(3)18(24)4/h6-7,12-13,15-16,21-22H,5,8-11H2,1-4H3,(H,28,29). The van der Waals surface area contributed by atoms with Crippen LogP contribution in [-0.4, -0.2) is 23.0 Å². The third-order valence-corrected chi connectivity index (χ3v) is 6.36. The number of ether oxygens (including phenoxy) is 1. The minimum atomic E-state index is -0.103. The largest absolute Gasteiger partial charge is 0.490 e. The number of aromatic nitrogens is 1. The second-order valence-corrected chi connectivity index (χ2v) is 8.32. The van der Waals surface area contributed by atoms with Crippen LogP contribution in [0.4, 0.5) is 0 Å². The van der Waals surface area contributed by atoms with Crippen molar-refractivity contribution in [3.05, 3.63) is 58.4 Å². The molecule has 0 aliphatic heterocycles. The number of benzene rings is 1. The van der Waals surface area contributed by atoms with Crippen molar-refractivity contribution in [3.8, 4) is 11.8 Å². The number of nitriles is 1. The first-order valence-electron chi connectivity index (χ1n) is 10.9. The Bertz CT molecular complexity index is 923. The molecule has 0 radical (unpaired) electrons. The number of pyridine rings is 1.